The number of ether oxygens (including phenoxy) is 1. The van der Waals surface area contributed by atoms with Crippen molar-refractivity contribution >= 4 is 6.08 Å². The normalized spacial score (nSPS) is 11.6. The summed E-state index contributed by atoms with van der Waals surface area (Å²) in [6.45, 7) is 4.79. The summed E-state index contributed by atoms with van der Waals surface area (Å²) in [5, 5.41) is 0. The molecule has 2 N–H and O–H groups in total. The molecule has 0 saturated heterocycles. The molecule has 0 spiro atoms. The summed E-state index contributed by atoms with van der Waals surface area (Å²) >= 11 is 0. The van der Waals surface area contributed by atoms with E-state index in [1.54, 1.807) is 7.11 Å². The molecule has 1 aromatic carbocycles. The Labute approximate surface area is 91.7 Å². The van der Waals surface area contributed by atoms with Gasteiger partial charge in [0.15, 0.2) is 0 Å². The third-order valence-electron chi connectivity index (χ3n) is 2.51. The van der Waals surface area contributed by atoms with E-state index in [9.17, 15) is 0 Å². The summed E-state index contributed by atoms with van der Waals surface area (Å²) in [5.74, 6) is 0.929. The van der Waals surface area contributed by atoms with Gasteiger partial charge >= 0.3 is 0 Å². The van der Waals surface area contributed by atoms with E-state index >= 15 is 0 Å². The van der Waals surface area contributed by atoms with Crippen LogP contribution in [0.15, 0.2) is 23.8 Å². The minimum absolute atomic E-state index is 0.627. The Morgan fingerprint density at radius 1 is 1.47 bits per heavy atom. The SMILES string of the molecule is CCC(=Cc1ccc(OC)c(C)c1)CN. The second-order valence-electron chi connectivity index (χ2n) is 3.59. The van der Waals surface area contributed by atoms with Crippen LogP contribution >= 0.6 is 0 Å². The topological polar surface area (TPSA) is 35.2 Å². The van der Waals surface area contributed by atoms with Crippen molar-refractivity contribution < 1.29 is 4.74 Å². The lowest BCUT2D eigenvalue weighted by molar-refractivity contribution is 0.411. The molecule has 2 heteroatoms. The van der Waals surface area contributed by atoms with Gasteiger partial charge in [-0.15, -0.1) is 0 Å². The molecular weight excluding hydrogens is 186 g/mol. The molecule has 0 unspecified atom stereocenters. The van der Waals surface area contributed by atoms with Gasteiger partial charge < -0.3 is 10.5 Å². The number of nitrogens with two attached hydrogens (primary N) is 1. The standard InChI is InChI=1S/C13H19NO/c1-4-11(9-14)8-12-5-6-13(15-3)10(2)7-12/h5-8H,4,9,14H2,1-3H3. The molecule has 0 fully saturated rings. The second kappa shape index (κ2) is 5.56. The number of methoxy groups -OCH3 is 1. The summed E-state index contributed by atoms with van der Waals surface area (Å²) in [7, 11) is 1.69. The van der Waals surface area contributed by atoms with Crippen molar-refractivity contribution in [3.63, 3.8) is 0 Å². The van der Waals surface area contributed by atoms with Crippen molar-refractivity contribution in [2.24, 2.45) is 5.73 Å². The molecule has 0 bridgehead atoms. The number of hydrogen-bond donors (Lipinski definition) is 1. The van der Waals surface area contributed by atoms with Gasteiger partial charge in [-0.2, -0.15) is 0 Å². The van der Waals surface area contributed by atoms with Crippen molar-refractivity contribution in [3.05, 3.63) is 34.9 Å². The van der Waals surface area contributed by atoms with Crippen LogP contribution < -0.4 is 10.5 Å². The Morgan fingerprint density at radius 2 is 2.20 bits per heavy atom. The quantitative estimate of drug-likeness (QED) is 0.820. The van der Waals surface area contributed by atoms with Crippen molar-refractivity contribution in [2.75, 3.05) is 13.7 Å². The second-order valence-corrected chi connectivity index (χ2v) is 3.59. The highest BCUT2D eigenvalue weighted by Gasteiger charge is 1.98. The van der Waals surface area contributed by atoms with Gasteiger partial charge in [-0.3, -0.25) is 0 Å². The van der Waals surface area contributed by atoms with Crippen molar-refractivity contribution in [3.8, 4) is 5.75 Å². The molecule has 0 heterocycles. The molecule has 0 atom stereocenters. The van der Waals surface area contributed by atoms with Crippen LogP contribution in [-0.2, 0) is 0 Å². The van der Waals surface area contributed by atoms with Crippen molar-refractivity contribution in [1.82, 2.24) is 0 Å². The molecule has 82 valence electrons. The van der Waals surface area contributed by atoms with Crippen LogP contribution in [0.4, 0.5) is 0 Å². The van der Waals surface area contributed by atoms with Gasteiger partial charge in [-0.05, 0) is 36.6 Å². The van der Waals surface area contributed by atoms with Gasteiger partial charge in [0.25, 0.3) is 0 Å². The molecule has 2 nitrogen and oxygen atoms in total. The van der Waals surface area contributed by atoms with Crippen LogP contribution in [0.3, 0.4) is 0 Å². The fourth-order valence-corrected chi connectivity index (χ4v) is 1.53. The summed E-state index contributed by atoms with van der Waals surface area (Å²) in [5.41, 5.74) is 9.24. The van der Waals surface area contributed by atoms with Crippen LogP contribution in [0.1, 0.15) is 24.5 Å². The minimum atomic E-state index is 0.627. The largest absolute Gasteiger partial charge is 0.496 e. The first-order chi connectivity index (χ1) is 7.21. The third kappa shape index (κ3) is 3.10. The summed E-state index contributed by atoms with van der Waals surface area (Å²) < 4.78 is 5.21. The summed E-state index contributed by atoms with van der Waals surface area (Å²) in [6, 6.07) is 6.16. The molecule has 15 heavy (non-hydrogen) atoms. The maximum Gasteiger partial charge on any atom is 0.121 e. The number of aryl methyl sites for hydroxylation is 1. The van der Waals surface area contributed by atoms with Gasteiger partial charge in [0.05, 0.1) is 7.11 Å². The third-order valence-corrected chi connectivity index (χ3v) is 2.51. The van der Waals surface area contributed by atoms with Crippen LogP contribution in [0.2, 0.25) is 0 Å². The maximum absolute atomic E-state index is 5.63. The Morgan fingerprint density at radius 3 is 2.67 bits per heavy atom. The molecule has 0 aromatic heterocycles. The van der Waals surface area contributed by atoms with Crippen LogP contribution in [0.25, 0.3) is 6.08 Å². The fraction of sp³-hybridized carbons (Fsp3) is 0.385. The first kappa shape index (κ1) is 11.8. The van der Waals surface area contributed by atoms with E-state index in [2.05, 4.69) is 25.1 Å². The van der Waals surface area contributed by atoms with Crippen molar-refractivity contribution in [1.29, 1.82) is 0 Å². The van der Waals surface area contributed by atoms with E-state index in [4.69, 9.17) is 10.5 Å². The monoisotopic (exact) mass is 205 g/mol. The molecule has 0 aliphatic carbocycles. The van der Waals surface area contributed by atoms with Crippen LogP contribution in [-0.4, -0.2) is 13.7 Å². The van der Waals surface area contributed by atoms with Gasteiger partial charge in [-0.1, -0.05) is 24.6 Å². The molecule has 0 saturated carbocycles. The zero-order valence-corrected chi connectivity index (χ0v) is 9.71. The highest BCUT2D eigenvalue weighted by Crippen LogP contribution is 2.20. The minimum Gasteiger partial charge on any atom is -0.496 e. The summed E-state index contributed by atoms with van der Waals surface area (Å²) in [4.78, 5) is 0. The average Bonchev–Trinajstić information content (AvgIpc) is 2.26. The number of hydrogen-bond acceptors (Lipinski definition) is 2. The zero-order chi connectivity index (χ0) is 11.3. The smallest absolute Gasteiger partial charge is 0.121 e. The van der Waals surface area contributed by atoms with Crippen LogP contribution in [0, 0.1) is 6.92 Å². The molecule has 0 aliphatic heterocycles. The Kier molecular flexibility index (Phi) is 4.37. The molecular formula is C13H19NO. The van der Waals surface area contributed by atoms with Gasteiger partial charge in [0.2, 0.25) is 0 Å². The highest BCUT2D eigenvalue weighted by atomic mass is 16.5. The van der Waals surface area contributed by atoms with Crippen LogP contribution in [0.5, 0.6) is 5.75 Å². The van der Waals surface area contributed by atoms with E-state index in [0.29, 0.717) is 6.54 Å². The molecule has 0 aliphatic rings. The molecule has 0 amide bonds. The molecule has 1 aromatic rings. The van der Waals surface area contributed by atoms with Gasteiger partial charge in [0, 0.05) is 6.54 Å². The molecule has 0 radical (unpaired) electrons. The zero-order valence-electron chi connectivity index (χ0n) is 9.71. The predicted molar refractivity (Wildman–Crippen MR) is 65.1 cm³/mol. The first-order valence-corrected chi connectivity index (χ1v) is 5.25. The van der Waals surface area contributed by atoms with E-state index in [1.807, 2.05) is 13.0 Å². The lowest BCUT2D eigenvalue weighted by Crippen LogP contribution is -2.01. The van der Waals surface area contributed by atoms with E-state index in [0.717, 1.165) is 17.7 Å². The Hall–Kier alpha value is -1.28. The van der Waals surface area contributed by atoms with E-state index in [1.165, 1.54) is 11.1 Å². The van der Waals surface area contributed by atoms with Gasteiger partial charge in [-0.25, -0.2) is 0 Å². The fourth-order valence-electron chi connectivity index (χ4n) is 1.53. The highest BCUT2D eigenvalue weighted by molar-refractivity contribution is 5.56. The first-order valence-electron chi connectivity index (χ1n) is 5.25. The maximum atomic E-state index is 5.63. The molecule has 1 rings (SSSR count). The average molecular weight is 205 g/mol. The summed E-state index contributed by atoms with van der Waals surface area (Å²) in [6.07, 6.45) is 3.15. The number of benzene rings is 1. The Bertz CT molecular complexity index is 350. The van der Waals surface area contributed by atoms with Gasteiger partial charge in [0.1, 0.15) is 5.75 Å². The Balaban J connectivity index is 2.97. The van der Waals surface area contributed by atoms with Crippen molar-refractivity contribution in [2.45, 2.75) is 20.3 Å². The van der Waals surface area contributed by atoms with E-state index < -0.39 is 0 Å². The predicted octanol–water partition coefficient (Wildman–Crippen LogP) is 2.76. The number of rotatable bonds is 4. The lowest BCUT2D eigenvalue weighted by atomic mass is 10.1. The van der Waals surface area contributed by atoms with E-state index in [-0.39, 0.29) is 0 Å². The lowest BCUT2D eigenvalue weighted by Gasteiger charge is -2.06.